The molecule has 1 aliphatic rings. The van der Waals surface area contributed by atoms with Crippen molar-refractivity contribution in [2.75, 3.05) is 6.54 Å². The Hall–Kier alpha value is -2.84. The molecule has 0 saturated heterocycles. The molecule has 0 bridgehead atoms. The minimum atomic E-state index is -5.08. The number of aliphatic carboxylic acids is 1. The zero-order chi connectivity index (χ0) is 21.7. The summed E-state index contributed by atoms with van der Waals surface area (Å²) >= 11 is 1.65. The Balaban J connectivity index is 0.000000318. The number of alkyl halides is 3. The lowest BCUT2D eigenvalue weighted by atomic mass is 10.2. The summed E-state index contributed by atoms with van der Waals surface area (Å²) in [6, 6.07) is 0. The number of carbonyl (C=O) groups is 1. The van der Waals surface area contributed by atoms with Gasteiger partial charge in [0.05, 0.1) is 31.1 Å². The van der Waals surface area contributed by atoms with E-state index in [9.17, 15) is 13.2 Å². The highest BCUT2D eigenvalue weighted by atomic mass is 32.1. The molecular weight excluding hydrogens is 427 g/mol. The van der Waals surface area contributed by atoms with Gasteiger partial charge in [0.15, 0.2) is 0 Å². The molecule has 1 atom stereocenters. The minimum absolute atomic E-state index is 0.0888. The van der Waals surface area contributed by atoms with E-state index in [0.717, 1.165) is 35.0 Å². The molecule has 0 saturated carbocycles. The number of halogens is 3. The molecule has 4 heterocycles. The largest absolute Gasteiger partial charge is 0.490 e. The van der Waals surface area contributed by atoms with Gasteiger partial charge in [-0.2, -0.15) is 18.3 Å². The molecular formula is C16H18F3N7O3S. The molecule has 0 amide bonds. The summed E-state index contributed by atoms with van der Waals surface area (Å²) in [5.41, 5.74) is 2.83. The van der Waals surface area contributed by atoms with Gasteiger partial charge in [0.2, 0.25) is 0 Å². The standard InChI is InChI=1S/C14H17N7OS.C2HF3O2/c1-20-7-10(4-17-20)14-12-9-22-11(8-21(12)19-18-14)5-15-6-13-16-2-3-23-13;3-2(4,5)1(6)7/h2-4,7,11,15H,5-6,8-9H2,1H3;(H,6,7). The maximum Gasteiger partial charge on any atom is 0.490 e. The Labute approximate surface area is 172 Å². The fraction of sp³-hybridized carbons (Fsp3) is 0.438. The molecule has 30 heavy (non-hydrogen) atoms. The summed E-state index contributed by atoms with van der Waals surface area (Å²) < 4.78 is 41.4. The third-order valence-electron chi connectivity index (χ3n) is 4.02. The first-order valence-corrected chi connectivity index (χ1v) is 9.54. The van der Waals surface area contributed by atoms with Crippen LogP contribution in [0.15, 0.2) is 24.0 Å². The highest BCUT2D eigenvalue weighted by Gasteiger charge is 2.38. The van der Waals surface area contributed by atoms with Crippen molar-refractivity contribution in [1.29, 1.82) is 0 Å². The molecule has 0 aliphatic carbocycles. The lowest BCUT2D eigenvalue weighted by molar-refractivity contribution is -0.192. The Kier molecular flexibility index (Phi) is 6.79. The highest BCUT2D eigenvalue weighted by Crippen LogP contribution is 2.24. The molecule has 0 aromatic carbocycles. The van der Waals surface area contributed by atoms with Gasteiger partial charge in [-0.3, -0.25) is 4.68 Å². The number of rotatable bonds is 5. The Morgan fingerprint density at radius 1 is 1.47 bits per heavy atom. The molecule has 2 N–H and O–H groups in total. The van der Waals surface area contributed by atoms with E-state index in [2.05, 4.69) is 25.7 Å². The van der Waals surface area contributed by atoms with Crippen molar-refractivity contribution < 1.29 is 27.8 Å². The number of nitrogens with one attached hydrogen (secondary N) is 1. The first-order valence-electron chi connectivity index (χ1n) is 8.66. The summed E-state index contributed by atoms with van der Waals surface area (Å²) in [6.07, 6.45) is 0.561. The zero-order valence-corrected chi connectivity index (χ0v) is 16.5. The van der Waals surface area contributed by atoms with Gasteiger partial charge in [0, 0.05) is 43.5 Å². The monoisotopic (exact) mass is 445 g/mol. The van der Waals surface area contributed by atoms with Crippen molar-refractivity contribution in [1.82, 2.24) is 35.1 Å². The molecule has 3 aromatic heterocycles. The Morgan fingerprint density at radius 2 is 2.23 bits per heavy atom. The van der Waals surface area contributed by atoms with Crippen LogP contribution >= 0.6 is 11.3 Å². The lowest BCUT2D eigenvalue weighted by Crippen LogP contribution is -2.36. The van der Waals surface area contributed by atoms with Crippen molar-refractivity contribution in [3.05, 3.63) is 34.7 Å². The molecule has 1 aliphatic heterocycles. The van der Waals surface area contributed by atoms with Crippen molar-refractivity contribution >= 4 is 17.3 Å². The summed E-state index contributed by atoms with van der Waals surface area (Å²) in [4.78, 5) is 13.1. The third-order valence-corrected chi connectivity index (χ3v) is 4.80. The van der Waals surface area contributed by atoms with Gasteiger partial charge in [-0.1, -0.05) is 5.21 Å². The number of thiazole rings is 1. The summed E-state index contributed by atoms with van der Waals surface area (Å²) in [5, 5.41) is 26.3. The van der Waals surface area contributed by atoms with E-state index in [1.165, 1.54) is 0 Å². The van der Waals surface area contributed by atoms with Crippen LogP contribution in [0.2, 0.25) is 0 Å². The summed E-state index contributed by atoms with van der Waals surface area (Å²) in [7, 11) is 1.89. The van der Waals surface area contributed by atoms with Crippen LogP contribution in [0.3, 0.4) is 0 Å². The SMILES string of the molecule is Cn1cc(-c2nnn3c2COC(CNCc2nccs2)C3)cn1.O=C(O)C(F)(F)F. The van der Waals surface area contributed by atoms with Crippen LogP contribution < -0.4 is 5.32 Å². The maximum absolute atomic E-state index is 10.6. The number of hydrogen-bond donors (Lipinski definition) is 2. The number of aromatic nitrogens is 6. The maximum atomic E-state index is 10.6. The number of carboxylic acids is 1. The quantitative estimate of drug-likeness (QED) is 0.606. The van der Waals surface area contributed by atoms with E-state index in [1.807, 2.05) is 29.5 Å². The van der Waals surface area contributed by atoms with Crippen LogP contribution in [0, 0.1) is 0 Å². The van der Waals surface area contributed by atoms with Crippen molar-refractivity contribution in [2.45, 2.75) is 32.0 Å². The third kappa shape index (κ3) is 5.61. The average Bonchev–Trinajstić information content (AvgIpc) is 3.42. The number of aryl methyl sites for hydroxylation is 1. The van der Waals surface area contributed by atoms with Gasteiger partial charge >= 0.3 is 12.1 Å². The summed E-state index contributed by atoms with van der Waals surface area (Å²) in [6.45, 7) is 2.75. The topological polar surface area (TPSA) is 120 Å². The van der Waals surface area contributed by atoms with Crippen LogP contribution in [0.1, 0.15) is 10.7 Å². The van der Waals surface area contributed by atoms with Crippen LogP contribution in [-0.4, -0.2) is 59.7 Å². The number of hydrogen-bond acceptors (Lipinski definition) is 8. The van der Waals surface area contributed by atoms with Crippen molar-refractivity contribution in [3.8, 4) is 11.3 Å². The van der Waals surface area contributed by atoms with Gasteiger partial charge in [-0.25, -0.2) is 14.5 Å². The molecule has 0 fully saturated rings. The number of carboxylic acid groups (broad SMARTS) is 1. The van der Waals surface area contributed by atoms with Crippen LogP contribution in [0.25, 0.3) is 11.3 Å². The van der Waals surface area contributed by atoms with Crippen molar-refractivity contribution in [3.63, 3.8) is 0 Å². The smallest absolute Gasteiger partial charge is 0.475 e. The molecule has 14 heteroatoms. The fourth-order valence-electron chi connectivity index (χ4n) is 2.64. The first-order chi connectivity index (χ1) is 14.2. The van der Waals surface area contributed by atoms with Gasteiger partial charge in [-0.05, 0) is 0 Å². The Bertz CT molecular complexity index is 971. The molecule has 162 valence electrons. The normalized spacial score (nSPS) is 15.9. The second kappa shape index (κ2) is 9.32. The number of ether oxygens (including phenoxy) is 1. The van der Waals surface area contributed by atoms with Gasteiger partial charge in [0.25, 0.3) is 0 Å². The van der Waals surface area contributed by atoms with Crippen LogP contribution in [-0.2, 0) is 36.3 Å². The molecule has 10 nitrogen and oxygen atoms in total. The lowest BCUT2D eigenvalue weighted by Gasteiger charge is -2.24. The summed E-state index contributed by atoms with van der Waals surface area (Å²) in [5.74, 6) is -2.76. The second-order valence-electron chi connectivity index (χ2n) is 6.26. The molecule has 0 radical (unpaired) electrons. The predicted molar refractivity (Wildman–Crippen MR) is 98.3 cm³/mol. The average molecular weight is 445 g/mol. The minimum Gasteiger partial charge on any atom is -0.475 e. The second-order valence-corrected chi connectivity index (χ2v) is 7.24. The predicted octanol–water partition coefficient (Wildman–Crippen LogP) is 1.46. The number of nitrogens with zero attached hydrogens (tertiary/aromatic N) is 6. The number of fused-ring (bicyclic) bond motifs is 1. The highest BCUT2D eigenvalue weighted by molar-refractivity contribution is 7.09. The van der Waals surface area contributed by atoms with E-state index >= 15 is 0 Å². The van der Waals surface area contributed by atoms with E-state index < -0.39 is 12.1 Å². The van der Waals surface area contributed by atoms with E-state index in [1.54, 1.807) is 22.2 Å². The first kappa shape index (κ1) is 21.9. The van der Waals surface area contributed by atoms with E-state index in [0.29, 0.717) is 13.2 Å². The van der Waals surface area contributed by atoms with Crippen LogP contribution in [0.5, 0.6) is 0 Å². The molecule has 0 spiro atoms. The van der Waals surface area contributed by atoms with Crippen molar-refractivity contribution in [2.24, 2.45) is 7.05 Å². The molecule has 1 unspecified atom stereocenters. The Morgan fingerprint density at radius 3 is 2.83 bits per heavy atom. The molecule has 4 rings (SSSR count). The molecule has 3 aromatic rings. The van der Waals surface area contributed by atoms with Gasteiger partial charge < -0.3 is 15.2 Å². The zero-order valence-electron chi connectivity index (χ0n) is 15.7. The van der Waals surface area contributed by atoms with Gasteiger partial charge in [-0.15, -0.1) is 16.4 Å². The van der Waals surface area contributed by atoms with E-state index in [-0.39, 0.29) is 6.10 Å². The van der Waals surface area contributed by atoms with Crippen LogP contribution in [0.4, 0.5) is 13.2 Å². The van der Waals surface area contributed by atoms with Gasteiger partial charge in [0.1, 0.15) is 10.7 Å². The van der Waals surface area contributed by atoms with E-state index in [4.69, 9.17) is 14.6 Å². The fourth-order valence-corrected chi connectivity index (χ4v) is 3.22.